The number of carbonyl (C=O) groups excluding carboxylic acids is 1. The minimum absolute atomic E-state index is 0.0545. The third-order valence-electron chi connectivity index (χ3n) is 5.25. The second-order valence-corrected chi connectivity index (χ2v) is 9.61. The maximum atomic E-state index is 12.7. The zero-order valence-corrected chi connectivity index (χ0v) is 14.9. The zero-order chi connectivity index (χ0) is 16.6. The third kappa shape index (κ3) is 3.42. The van der Waals surface area contributed by atoms with Crippen LogP contribution in [-0.2, 0) is 19.6 Å². The van der Waals surface area contributed by atoms with Gasteiger partial charge in [-0.3, -0.25) is 4.79 Å². The molecule has 3 heterocycles. The van der Waals surface area contributed by atoms with E-state index in [0.29, 0.717) is 45.1 Å². The monoisotopic (exact) mass is 344 g/mol. The molecule has 23 heavy (non-hydrogen) atoms. The molecule has 132 valence electrons. The molecule has 0 aliphatic carbocycles. The second kappa shape index (κ2) is 6.69. The highest BCUT2D eigenvalue weighted by molar-refractivity contribution is 7.90. The summed E-state index contributed by atoms with van der Waals surface area (Å²) in [4.78, 5) is 14.3. The largest absolute Gasteiger partial charge is 0.368 e. The fourth-order valence-corrected chi connectivity index (χ4v) is 6.48. The van der Waals surface area contributed by atoms with Gasteiger partial charge in [0.2, 0.25) is 10.0 Å². The summed E-state index contributed by atoms with van der Waals surface area (Å²) in [6, 6.07) is 0. The average Bonchev–Trinajstić information content (AvgIpc) is 3.01. The number of rotatable bonds is 3. The Kier molecular flexibility index (Phi) is 4.99. The van der Waals surface area contributed by atoms with E-state index >= 15 is 0 Å². The number of likely N-dealkylation sites (tertiary alicyclic amines) is 1. The topological polar surface area (TPSA) is 66.9 Å². The highest BCUT2D eigenvalue weighted by Crippen LogP contribution is 2.35. The molecule has 0 saturated carbocycles. The van der Waals surface area contributed by atoms with Gasteiger partial charge in [-0.25, -0.2) is 12.7 Å². The Hall–Kier alpha value is -0.660. The first-order valence-corrected chi connectivity index (χ1v) is 10.3. The standard InChI is InChI=1S/C16H28N2O4S/c1-12(2)10-18-11-13-5-7-17(8-6-15(13)23(18,20)21)16(19)14-4-3-9-22-14/h12-15H,3-11H2,1-2H3/t13-,14?,15+/m0/s1. The number of fused-ring (bicyclic) bond motifs is 1. The van der Waals surface area contributed by atoms with Crippen molar-refractivity contribution in [2.24, 2.45) is 11.8 Å². The van der Waals surface area contributed by atoms with Gasteiger partial charge in [0, 0.05) is 32.8 Å². The number of ether oxygens (including phenoxy) is 1. The number of hydrogen-bond acceptors (Lipinski definition) is 4. The van der Waals surface area contributed by atoms with E-state index in [2.05, 4.69) is 0 Å². The van der Waals surface area contributed by atoms with Crippen molar-refractivity contribution >= 4 is 15.9 Å². The highest BCUT2D eigenvalue weighted by Gasteiger charge is 2.47. The summed E-state index contributed by atoms with van der Waals surface area (Å²) in [6.07, 6.45) is 2.76. The summed E-state index contributed by atoms with van der Waals surface area (Å²) in [5.41, 5.74) is 0. The normalized spacial score (nSPS) is 34.6. The average molecular weight is 344 g/mol. The van der Waals surface area contributed by atoms with Crippen LogP contribution in [0.15, 0.2) is 0 Å². The first-order valence-electron chi connectivity index (χ1n) is 8.79. The van der Waals surface area contributed by atoms with Crippen molar-refractivity contribution in [1.29, 1.82) is 0 Å². The molecular weight excluding hydrogens is 316 g/mol. The van der Waals surface area contributed by atoms with Crippen LogP contribution in [0.5, 0.6) is 0 Å². The van der Waals surface area contributed by atoms with Crippen LogP contribution in [0.4, 0.5) is 0 Å². The zero-order valence-electron chi connectivity index (χ0n) is 14.1. The van der Waals surface area contributed by atoms with Crippen molar-refractivity contribution in [3.05, 3.63) is 0 Å². The number of hydrogen-bond donors (Lipinski definition) is 0. The Morgan fingerprint density at radius 1 is 1.22 bits per heavy atom. The molecule has 3 rings (SSSR count). The summed E-state index contributed by atoms with van der Waals surface area (Å²) in [5, 5.41) is -0.316. The van der Waals surface area contributed by atoms with E-state index in [9.17, 15) is 13.2 Å². The summed E-state index contributed by atoms with van der Waals surface area (Å²) in [5.74, 6) is 0.546. The molecule has 0 bridgehead atoms. The van der Waals surface area contributed by atoms with E-state index in [1.165, 1.54) is 0 Å². The van der Waals surface area contributed by atoms with Gasteiger partial charge in [-0.1, -0.05) is 13.8 Å². The lowest BCUT2D eigenvalue weighted by atomic mass is 10.0. The molecule has 3 aliphatic rings. The van der Waals surface area contributed by atoms with Crippen LogP contribution >= 0.6 is 0 Å². The minimum Gasteiger partial charge on any atom is -0.368 e. The van der Waals surface area contributed by atoms with E-state index < -0.39 is 10.0 Å². The van der Waals surface area contributed by atoms with E-state index in [1.54, 1.807) is 4.31 Å². The Morgan fingerprint density at radius 3 is 2.61 bits per heavy atom. The van der Waals surface area contributed by atoms with Gasteiger partial charge in [0.1, 0.15) is 6.10 Å². The van der Waals surface area contributed by atoms with Gasteiger partial charge >= 0.3 is 0 Å². The SMILES string of the molecule is CC(C)CN1C[C@@H]2CCN(C(=O)C3CCCO3)CC[C@H]2S1(=O)=O. The molecule has 1 amide bonds. The molecule has 3 fully saturated rings. The predicted molar refractivity (Wildman–Crippen MR) is 87.4 cm³/mol. The maximum Gasteiger partial charge on any atom is 0.251 e. The van der Waals surface area contributed by atoms with Crippen LogP contribution in [-0.4, -0.2) is 67.7 Å². The van der Waals surface area contributed by atoms with Crippen LogP contribution in [0.2, 0.25) is 0 Å². The van der Waals surface area contributed by atoms with Crippen molar-refractivity contribution in [1.82, 2.24) is 9.21 Å². The lowest BCUT2D eigenvalue weighted by Gasteiger charge is -2.24. The lowest BCUT2D eigenvalue weighted by molar-refractivity contribution is -0.140. The number of nitrogens with zero attached hydrogens (tertiary/aromatic N) is 2. The molecule has 0 N–H and O–H groups in total. The summed E-state index contributed by atoms with van der Waals surface area (Å²) >= 11 is 0. The van der Waals surface area contributed by atoms with E-state index in [4.69, 9.17) is 4.74 Å². The Morgan fingerprint density at radius 2 is 1.96 bits per heavy atom. The number of sulfonamides is 1. The highest BCUT2D eigenvalue weighted by atomic mass is 32.2. The van der Waals surface area contributed by atoms with Crippen LogP contribution in [0, 0.1) is 11.8 Å². The quantitative estimate of drug-likeness (QED) is 0.768. The molecule has 3 aliphatic heterocycles. The fourth-order valence-electron chi connectivity index (χ4n) is 4.08. The summed E-state index contributed by atoms with van der Waals surface area (Å²) in [6.45, 7) is 7.17. The molecule has 3 saturated heterocycles. The van der Waals surface area contributed by atoms with Crippen LogP contribution < -0.4 is 0 Å². The summed E-state index contributed by atoms with van der Waals surface area (Å²) in [7, 11) is -3.21. The summed E-state index contributed by atoms with van der Waals surface area (Å²) < 4.78 is 32.7. The van der Waals surface area contributed by atoms with Gasteiger partial charge in [-0.15, -0.1) is 0 Å². The minimum atomic E-state index is -3.21. The maximum absolute atomic E-state index is 12.7. The van der Waals surface area contributed by atoms with Gasteiger partial charge in [-0.05, 0) is 37.5 Å². The molecule has 0 aromatic heterocycles. The molecule has 6 nitrogen and oxygen atoms in total. The molecular formula is C16H28N2O4S. The number of amides is 1. The molecule has 0 radical (unpaired) electrons. The van der Waals surface area contributed by atoms with Crippen LogP contribution in [0.25, 0.3) is 0 Å². The van der Waals surface area contributed by atoms with Gasteiger partial charge in [-0.2, -0.15) is 0 Å². The first kappa shape index (κ1) is 17.2. The van der Waals surface area contributed by atoms with Crippen molar-refractivity contribution in [2.75, 3.05) is 32.8 Å². The van der Waals surface area contributed by atoms with E-state index in [0.717, 1.165) is 19.3 Å². The van der Waals surface area contributed by atoms with Crippen molar-refractivity contribution in [3.63, 3.8) is 0 Å². The smallest absolute Gasteiger partial charge is 0.251 e. The predicted octanol–water partition coefficient (Wildman–Crippen LogP) is 1.07. The Labute approximate surface area is 139 Å². The molecule has 7 heteroatoms. The Balaban J connectivity index is 1.66. The van der Waals surface area contributed by atoms with E-state index in [1.807, 2.05) is 18.7 Å². The van der Waals surface area contributed by atoms with E-state index in [-0.39, 0.29) is 23.2 Å². The van der Waals surface area contributed by atoms with Crippen molar-refractivity contribution in [2.45, 2.75) is 50.9 Å². The van der Waals surface area contributed by atoms with Crippen LogP contribution in [0.3, 0.4) is 0 Å². The van der Waals surface area contributed by atoms with Crippen molar-refractivity contribution in [3.8, 4) is 0 Å². The Bertz CT molecular complexity index is 542. The van der Waals surface area contributed by atoms with Gasteiger partial charge in [0.05, 0.1) is 5.25 Å². The molecule has 1 unspecified atom stereocenters. The fraction of sp³-hybridized carbons (Fsp3) is 0.938. The van der Waals surface area contributed by atoms with Crippen molar-refractivity contribution < 1.29 is 17.9 Å². The molecule has 0 aromatic rings. The number of carbonyl (C=O) groups is 1. The first-order chi connectivity index (χ1) is 10.9. The van der Waals surface area contributed by atoms with Gasteiger partial charge in [0.25, 0.3) is 5.91 Å². The van der Waals surface area contributed by atoms with Gasteiger partial charge in [0.15, 0.2) is 0 Å². The molecule has 0 aromatic carbocycles. The molecule has 3 atom stereocenters. The lowest BCUT2D eigenvalue weighted by Crippen LogP contribution is -2.40. The third-order valence-corrected chi connectivity index (χ3v) is 7.65. The molecule has 0 spiro atoms. The van der Waals surface area contributed by atoms with Crippen LogP contribution in [0.1, 0.15) is 39.5 Å². The second-order valence-electron chi connectivity index (χ2n) is 7.46. The van der Waals surface area contributed by atoms with Gasteiger partial charge < -0.3 is 9.64 Å².